The zero-order valence-electron chi connectivity index (χ0n) is 47.4. The summed E-state index contributed by atoms with van der Waals surface area (Å²) in [6.07, 6.45) is 6.68. The molecule has 0 atom stereocenters. The van der Waals surface area contributed by atoms with E-state index >= 15 is 0 Å². The smallest absolute Gasteiger partial charge is 0.0462 e. The molecule has 2 heteroatoms. The minimum absolute atomic E-state index is 1.08. The van der Waals surface area contributed by atoms with Crippen LogP contribution in [0.5, 0.6) is 0 Å². The molecule has 0 aliphatic heterocycles. The van der Waals surface area contributed by atoms with Gasteiger partial charge in [-0.2, -0.15) is 0 Å². The molecule has 0 heterocycles. The molecule has 2 aliphatic rings. The molecule has 0 bridgehead atoms. The van der Waals surface area contributed by atoms with Crippen molar-refractivity contribution in [3.63, 3.8) is 0 Å². The molecular weight excluding hydrogens is 989 g/mol. The lowest BCUT2D eigenvalue weighted by Crippen LogP contribution is -2.12. The highest BCUT2D eigenvalue weighted by atomic mass is 15.1. The van der Waals surface area contributed by atoms with E-state index in [0.29, 0.717) is 0 Å². The van der Waals surface area contributed by atoms with Crippen LogP contribution in [-0.4, -0.2) is 0 Å². The van der Waals surface area contributed by atoms with Gasteiger partial charge in [-0.25, -0.2) is 0 Å². The number of benzene rings is 12. The highest BCUT2D eigenvalue weighted by Crippen LogP contribution is 2.48. The predicted molar refractivity (Wildman–Crippen MR) is 349 cm³/mol. The van der Waals surface area contributed by atoms with E-state index in [4.69, 9.17) is 0 Å². The first-order chi connectivity index (χ1) is 40.2. The van der Waals surface area contributed by atoms with Crippen molar-refractivity contribution in [2.75, 3.05) is 9.80 Å². The van der Waals surface area contributed by atoms with Gasteiger partial charge in [-0.3, -0.25) is 0 Å². The third kappa shape index (κ3) is 9.79. The SMILES string of the molecule is Cc1ccc(-c2ccc(N(c3ccc(-c4ccc(C)cc4)cc3)c3ccc(-c4cc5c6c(cc(-c7ccc(N(c8ccc(-c9ccc(C)cc9)cc8)c8ccc(-c9ccc(C)cc9)cc8)cc7)c7c6c4CCC7)CCC5)cc3)cc2)cc1. The van der Waals surface area contributed by atoms with Crippen LogP contribution in [0.25, 0.3) is 77.5 Å². The fourth-order valence-corrected chi connectivity index (χ4v) is 13.0. The molecule has 82 heavy (non-hydrogen) atoms. The number of nitrogens with zero attached hydrogens (tertiary/aromatic N) is 2. The minimum Gasteiger partial charge on any atom is -0.311 e. The van der Waals surface area contributed by atoms with Gasteiger partial charge in [0.1, 0.15) is 0 Å². The maximum absolute atomic E-state index is 2.57. The Hall–Kier alpha value is -9.50. The van der Waals surface area contributed by atoms with E-state index < -0.39 is 0 Å². The van der Waals surface area contributed by atoms with Crippen molar-refractivity contribution in [2.45, 2.75) is 66.2 Å². The molecule has 2 aliphatic carbocycles. The van der Waals surface area contributed by atoms with Crippen LogP contribution in [0.4, 0.5) is 34.1 Å². The molecule has 0 saturated heterocycles. The van der Waals surface area contributed by atoms with E-state index in [2.05, 4.69) is 292 Å². The lowest BCUT2D eigenvalue weighted by Gasteiger charge is -2.30. The van der Waals surface area contributed by atoms with Crippen LogP contribution in [-0.2, 0) is 25.7 Å². The van der Waals surface area contributed by atoms with Gasteiger partial charge < -0.3 is 9.80 Å². The second-order valence-corrected chi connectivity index (χ2v) is 23.0. The third-order valence-corrected chi connectivity index (χ3v) is 17.4. The van der Waals surface area contributed by atoms with E-state index in [9.17, 15) is 0 Å². The van der Waals surface area contributed by atoms with Crippen LogP contribution in [0, 0.1) is 27.7 Å². The number of hydrogen-bond donors (Lipinski definition) is 0. The molecule has 14 rings (SSSR count). The highest BCUT2D eigenvalue weighted by Gasteiger charge is 2.27. The first-order valence-electron chi connectivity index (χ1n) is 29.4. The molecule has 0 spiro atoms. The van der Waals surface area contributed by atoms with E-state index in [0.717, 1.165) is 72.6 Å². The third-order valence-electron chi connectivity index (χ3n) is 17.4. The van der Waals surface area contributed by atoms with Crippen molar-refractivity contribution in [3.05, 3.63) is 299 Å². The topological polar surface area (TPSA) is 6.48 Å². The van der Waals surface area contributed by atoms with E-state index in [-0.39, 0.29) is 0 Å². The molecule has 0 N–H and O–H groups in total. The Kier molecular flexibility index (Phi) is 13.3. The molecule has 0 unspecified atom stereocenters. The van der Waals surface area contributed by atoms with Gasteiger partial charge in [-0.05, 0) is 239 Å². The predicted octanol–water partition coefficient (Wildman–Crippen LogP) is 22.0. The molecule has 0 saturated carbocycles. The molecule has 0 fully saturated rings. The van der Waals surface area contributed by atoms with Crippen LogP contribution in [0.3, 0.4) is 0 Å². The van der Waals surface area contributed by atoms with Crippen molar-refractivity contribution in [2.24, 2.45) is 0 Å². The van der Waals surface area contributed by atoms with Gasteiger partial charge in [-0.1, -0.05) is 204 Å². The van der Waals surface area contributed by atoms with Gasteiger partial charge in [0.2, 0.25) is 0 Å². The molecule has 12 aromatic rings. The average Bonchev–Trinajstić information content (AvgIpc) is 1.73. The summed E-state index contributed by atoms with van der Waals surface area (Å²) in [6, 6.07) is 95.5. The molecule has 2 nitrogen and oxygen atoms in total. The number of anilines is 6. The minimum atomic E-state index is 1.08. The number of rotatable bonds is 12. The summed E-state index contributed by atoms with van der Waals surface area (Å²) in [5, 5.41) is 3.05. The van der Waals surface area contributed by atoms with Gasteiger partial charge in [-0.15, -0.1) is 0 Å². The summed E-state index contributed by atoms with van der Waals surface area (Å²) in [7, 11) is 0. The summed E-state index contributed by atoms with van der Waals surface area (Å²) in [4.78, 5) is 4.81. The Bertz CT molecular complexity index is 3800. The molecule has 396 valence electrons. The van der Waals surface area contributed by atoms with Crippen molar-refractivity contribution < 1.29 is 0 Å². The van der Waals surface area contributed by atoms with E-state index in [1.165, 1.54) is 122 Å². The summed E-state index contributed by atoms with van der Waals surface area (Å²) in [5.41, 5.74) is 33.0. The summed E-state index contributed by atoms with van der Waals surface area (Å²) < 4.78 is 0. The maximum atomic E-state index is 2.57. The Labute approximate surface area is 484 Å². The van der Waals surface area contributed by atoms with Gasteiger partial charge in [0.05, 0.1) is 0 Å². The summed E-state index contributed by atoms with van der Waals surface area (Å²) in [5.74, 6) is 0. The zero-order valence-corrected chi connectivity index (χ0v) is 47.4. The Morgan fingerprint density at radius 3 is 0.671 bits per heavy atom. The van der Waals surface area contributed by atoms with Gasteiger partial charge in [0, 0.05) is 34.1 Å². The van der Waals surface area contributed by atoms with Crippen LogP contribution >= 0.6 is 0 Å². The number of hydrogen-bond acceptors (Lipinski definition) is 2. The fraction of sp³-hybridized carbons (Fsp3) is 0.125. The average molecular weight is 1060 g/mol. The molecule has 0 radical (unpaired) electrons. The standard InChI is InChI=1S/C80H66N2/c1-53-11-19-57(20-12-53)61-27-39-69(40-28-61)81(70-41-29-62(30-42-70)58-21-13-54(2)14-22-58)73-47-35-65(36-48-73)77-51-67-7-5-8-68-52-78(76-10-6-9-75(77)80(76)79(67)68)66-37-49-74(50-38-66)82(71-43-31-63(32-44-71)59-23-15-55(3)16-24-59)72-45-33-64(34-46-72)60-25-17-56(4)18-26-60/h11-52H,5-10H2,1-4H3. The molecule has 12 aromatic carbocycles. The summed E-state index contributed by atoms with van der Waals surface area (Å²) in [6.45, 7) is 8.58. The first-order valence-corrected chi connectivity index (χ1v) is 29.4. The van der Waals surface area contributed by atoms with Crippen molar-refractivity contribution in [3.8, 4) is 66.8 Å². The molecule has 0 aromatic heterocycles. The maximum Gasteiger partial charge on any atom is 0.0462 e. The summed E-state index contributed by atoms with van der Waals surface area (Å²) >= 11 is 0. The second-order valence-electron chi connectivity index (χ2n) is 23.0. The van der Waals surface area contributed by atoms with Gasteiger partial charge >= 0.3 is 0 Å². The van der Waals surface area contributed by atoms with Gasteiger partial charge in [0.15, 0.2) is 0 Å². The lowest BCUT2D eigenvalue weighted by atomic mass is 9.75. The highest BCUT2D eigenvalue weighted by molar-refractivity contribution is 6.03. The van der Waals surface area contributed by atoms with E-state index in [1.807, 2.05) is 0 Å². The fourth-order valence-electron chi connectivity index (χ4n) is 13.0. The Morgan fingerprint density at radius 2 is 0.427 bits per heavy atom. The zero-order chi connectivity index (χ0) is 55.3. The van der Waals surface area contributed by atoms with Crippen molar-refractivity contribution in [1.82, 2.24) is 0 Å². The van der Waals surface area contributed by atoms with E-state index in [1.54, 1.807) is 0 Å². The second kappa shape index (κ2) is 21.5. The van der Waals surface area contributed by atoms with Gasteiger partial charge in [0.25, 0.3) is 0 Å². The Balaban J connectivity index is 0.818. The normalized spacial score (nSPS) is 12.6. The largest absolute Gasteiger partial charge is 0.311 e. The van der Waals surface area contributed by atoms with Crippen LogP contribution in [0.2, 0.25) is 0 Å². The molecule has 0 amide bonds. The van der Waals surface area contributed by atoms with Crippen LogP contribution < -0.4 is 9.80 Å². The van der Waals surface area contributed by atoms with Crippen LogP contribution in [0.1, 0.15) is 57.3 Å². The Morgan fingerprint density at radius 1 is 0.220 bits per heavy atom. The van der Waals surface area contributed by atoms with Crippen molar-refractivity contribution >= 4 is 44.9 Å². The lowest BCUT2D eigenvalue weighted by molar-refractivity contribution is 0.788. The monoisotopic (exact) mass is 1050 g/mol. The first kappa shape index (κ1) is 50.7. The quantitative estimate of drug-likeness (QED) is 0.120. The van der Waals surface area contributed by atoms with Crippen molar-refractivity contribution in [1.29, 1.82) is 0 Å². The van der Waals surface area contributed by atoms with Crippen LogP contribution in [0.15, 0.2) is 255 Å². The molecular formula is C80H66N2. The number of aryl methyl sites for hydroxylation is 8.